The summed E-state index contributed by atoms with van der Waals surface area (Å²) < 4.78 is 10.6. The number of hydrogen-bond donors (Lipinski definition) is 0. The van der Waals surface area contributed by atoms with E-state index in [-0.39, 0.29) is 11.8 Å². The average molecular weight is 390 g/mol. The van der Waals surface area contributed by atoms with Crippen LogP contribution in [0.4, 0.5) is 0 Å². The van der Waals surface area contributed by atoms with E-state index in [2.05, 4.69) is 9.88 Å². The van der Waals surface area contributed by atoms with Gasteiger partial charge in [-0.2, -0.15) is 0 Å². The van der Waals surface area contributed by atoms with Crippen LogP contribution < -0.4 is 0 Å². The van der Waals surface area contributed by atoms with Gasteiger partial charge in [0.05, 0.1) is 26.0 Å². The maximum Gasteiger partial charge on any atom is 0.273 e. The summed E-state index contributed by atoms with van der Waals surface area (Å²) in [5, 5.41) is 2.46. The molecule has 0 atom stereocenters. The van der Waals surface area contributed by atoms with Crippen molar-refractivity contribution in [3.05, 3.63) is 29.5 Å². The van der Waals surface area contributed by atoms with Crippen molar-refractivity contribution < 1.29 is 18.7 Å². The molecule has 2 amide bonds. The number of furan rings is 1. The number of nitrogens with zero attached hydrogens (tertiary/aromatic N) is 4. The first kappa shape index (κ1) is 18.1. The van der Waals surface area contributed by atoms with Gasteiger partial charge in [-0.1, -0.05) is 0 Å². The number of morpholine rings is 1. The lowest BCUT2D eigenvalue weighted by Gasteiger charge is -2.36. The van der Waals surface area contributed by atoms with E-state index in [9.17, 15) is 9.59 Å². The molecule has 4 rings (SSSR count). The van der Waals surface area contributed by atoms with Crippen LogP contribution in [0, 0.1) is 0 Å². The Morgan fingerprint density at radius 2 is 1.81 bits per heavy atom. The van der Waals surface area contributed by atoms with Crippen LogP contribution in [-0.4, -0.2) is 90.5 Å². The van der Waals surface area contributed by atoms with Gasteiger partial charge in [0.25, 0.3) is 5.91 Å². The topological polar surface area (TPSA) is 79.1 Å². The summed E-state index contributed by atoms with van der Waals surface area (Å²) in [6.45, 7) is 5.57. The Labute approximate surface area is 161 Å². The normalized spacial score (nSPS) is 18.7. The van der Waals surface area contributed by atoms with Crippen molar-refractivity contribution in [2.45, 2.75) is 0 Å². The van der Waals surface area contributed by atoms with E-state index in [4.69, 9.17) is 9.15 Å². The minimum atomic E-state index is -0.0932. The summed E-state index contributed by atoms with van der Waals surface area (Å²) in [5.41, 5.74) is 0.430. The fourth-order valence-electron chi connectivity index (χ4n) is 3.26. The number of thiazole rings is 1. The molecule has 27 heavy (non-hydrogen) atoms. The third-order valence-electron chi connectivity index (χ3n) is 4.84. The third kappa shape index (κ3) is 4.20. The summed E-state index contributed by atoms with van der Waals surface area (Å²) in [4.78, 5) is 35.3. The van der Waals surface area contributed by atoms with Gasteiger partial charge in [0.1, 0.15) is 5.69 Å². The van der Waals surface area contributed by atoms with Crippen LogP contribution in [0.2, 0.25) is 0 Å². The Balaban J connectivity index is 1.29. The van der Waals surface area contributed by atoms with Gasteiger partial charge in [-0.05, 0) is 12.1 Å². The van der Waals surface area contributed by atoms with Crippen molar-refractivity contribution in [1.82, 2.24) is 19.7 Å². The highest BCUT2D eigenvalue weighted by atomic mass is 32.1. The molecule has 2 aliphatic rings. The fraction of sp³-hybridized carbons (Fsp3) is 0.500. The maximum absolute atomic E-state index is 12.7. The SMILES string of the molecule is O=C(CN1CCOCC1)N1CCN(C(=O)c2csc(-c3ccco3)n2)CC1. The van der Waals surface area contributed by atoms with Gasteiger partial charge in [0, 0.05) is 44.6 Å². The summed E-state index contributed by atoms with van der Waals surface area (Å²) >= 11 is 1.39. The van der Waals surface area contributed by atoms with E-state index >= 15 is 0 Å². The van der Waals surface area contributed by atoms with Gasteiger partial charge in [-0.25, -0.2) is 4.98 Å². The maximum atomic E-state index is 12.7. The van der Waals surface area contributed by atoms with Crippen molar-refractivity contribution in [3.8, 4) is 10.8 Å². The Kier molecular flexibility index (Phi) is 5.51. The predicted molar refractivity (Wildman–Crippen MR) is 99.6 cm³/mol. The number of ether oxygens (including phenoxy) is 1. The molecule has 0 aromatic carbocycles. The number of hydrogen-bond acceptors (Lipinski definition) is 7. The lowest BCUT2D eigenvalue weighted by Crippen LogP contribution is -2.53. The zero-order valence-corrected chi connectivity index (χ0v) is 15.8. The Morgan fingerprint density at radius 1 is 1.07 bits per heavy atom. The van der Waals surface area contributed by atoms with Crippen LogP contribution in [0.15, 0.2) is 28.2 Å². The van der Waals surface area contributed by atoms with Crippen molar-refractivity contribution in [2.24, 2.45) is 0 Å². The highest BCUT2D eigenvalue weighted by molar-refractivity contribution is 7.13. The second kappa shape index (κ2) is 8.20. The Morgan fingerprint density at radius 3 is 2.52 bits per heavy atom. The van der Waals surface area contributed by atoms with E-state index in [1.54, 1.807) is 22.6 Å². The predicted octanol–water partition coefficient (Wildman–Crippen LogP) is 1.02. The van der Waals surface area contributed by atoms with Gasteiger partial charge in [-0.3, -0.25) is 14.5 Å². The average Bonchev–Trinajstić information content (AvgIpc) is 3.40. The van der Waals surface area contributed by atoms with Crippen LogP contribution in [0.25, 0.3) is 10.8 Å². The van der Waals surface area contributed by atoms with Gasteiger partial charge in [0.15, 0.2) is 10.8 Å². The number of aromatic nitrogens is 1. The molecular weight excluding hydrogens is 368 g/mol. The molecule has 0 saturated carbocycles. The molecule has 8 nitrogen and oxygen atoms in total. The number of rotatable bonds is 4. The Bertz CT molecular complexity index is 777. The molecule has 9 heteroatoms. The largest absolute Gasteiger partial charge is 0.462 e. The number of carbonyl (C=O) groups is 2. The standard InChI is InChI=1S/C18H22N4O4S/c23-16(12-20-7-10-25-11-8-20)21-3-5-22(6-4-21)18(24)14-13-27-17(19-14)15-2-1-9-26-15/h1-2,9,13H,3-8,10-12H2. The van der Waals surface area contributed by atoms with Crippen LogP contribution in [0.5, 0.6) is 0 Å². The molecule has 2 aromatic rings. The second-order valence-corrected chi connectivity index (χ2v) is 7.43. The zero-order chi connectivity index (χ0) is 18.6. The van der Waals surface area contributed by atoms with Gasteiger partial charge in [-0.15, -0.1) is 11.3 Å². The minimum absolute atomic E-state index is 0.0932. The van der Waals surface area contributed by atoms with Crippen LogP contribution in [0.1, 0.15) is 10.5 Å². The number of piperazine rings is 1. The number of amides is 2. The zero-order valence-electron chi connectivity index (χ0n) is 15.0. The van der Waals surface area contributed by atoms with E-state index < -0.39 is 0 Å². The molecule has 0 unspecified atom stereocenters. The summed E-state index contributed by atoms with van der Waals surface area (Å²) in [6, 6.07) is 3.62. The van der Waals surface area contributed by atoms with Gasteiger partial charge in [0.2, 0.25) is 5.91 Å². The molecule has 0 bridgehead atoms. The lowest BCUT2D eigenvalue weighted by molar-refractivity contribution is -0.134. The molecular formula is C18H22N4O4S. The van der Waals surface area contributed by atoms with E-state index in [1.165, 1.54) is 11.3 Å². The Hall–Kier alpha value is -2.23. The molecule has 0 spiro atoms. The fourth-order valence-corrected chi connectivity index (χ4v) is 4.02. The smallest absolute Gasteiger partial charge is 0.273 e. The molecule has 2 fully saturated rings. The van der Waals surface area contributed by atoms with E-state index in [0.29, 0.717) is 62.4 Å². The lowest BCUT2D eigenvalue weighted by atomic mass is 10.2. The first-order chi connectivity index (χ1) is 13.2. The summed E-state index contributed by atoms with van der Waals surface area (Å²) in [6.07, 6.45) is 1.59. The first-order valence-corrected chi connectivity index (χ1v) is 9.95. The summed E-state index contributed by atoms with van der Waals surface area (Å²) in [5.74, 6) is 0.694. The molecule has 0 aliphatic carbocycles. The van der Waals surface area contributed by atoms with Crippen molar-refractivity contribution in [2.75, 3.05) is 59.0 Å². The summed E-state index contributed by atoms with van der Waals surface area (Å²) in [7, 11) is 0. The highest BCUT2D eigenvalue weighted by Crippen LogP contribution is 2.24. The van der Waals surface area contributed by atoms with Crippen LogP contribution >= 0.6 is 11.3 Å². The van der Waals surface area contributed by atoms with Crippen molar-refractivity contribution in [1.29, 1.82) is 0 Å². The second-order valence-electron chi connectivity index (χ2n) is 6.58. The third-order valence-corrected chi connectivity index (χ3v) is 5.69. The number of carbonyl (C=O) groups excluding carboxylic acids is 2. The molecule has 2 saturated heterocycles. The monoisotopic (exact) mass is 390 g/mol. The van der Waals surface area contributed by atoms with Crippen LogP contribution in [-0.2, 0) is 9.53 Å². The van der Waals surface area contributed by atoms with E-state index in [1.807, 2.05) is 11.0 Å². The van der Waals surface area contributed by atoms with Crippen LogP contribution in [0.3, 0.4) is 0 Å². The molecule has 0 N–H and O–H groups in total. The quantitative estimate of drug-likeness (QED) is 0.776. The minimum Gasteiger partial charge on any atom is -0.462 e. The first-order valence-electron chi connectivity index (χ1n) is 9.07. The van der Waals surface area contributed by atoms with E-state index in [0.717, 1.165) is 13.1 Å². The molecule has 4 heterocycles. The molecule has 2 aromatic heterocycles. The van der Waals surface area contributed by atoms with Gasteiger partial charge >= 0.3 is 0 Å². The van der Waals surface area contributed by atoms with Crippen molar-refractivity contribution in [3.63, 3.8) is 0 Å². The molecule has 2 aliphatic heterocycles. The molecule has 144 valence electrons. The molecule has 0 radical (unpaired) electrons. The van der Waals surface area contributed by atoms with Crippen molar-refractivity contribution >= 4 is 23.2 Å². The highest BCUT2D eigenvalue weighted by Gasteiger charge is 2.27. The van der Waals surface area contributed by atoms with Gasteiger partial charge < -0.3 is 19.0 Å².